The van der Waals surface area contributed by atoms with Gasteiger partial charge in [-0.05, 0) is 31.0 Å². The zero-order valence-corrected chi connectivity index (χ0v) is 15.4. The van der Waals surface area contributed by atoms with E-state index >= 15 is 0 Å². The highest BCUT2D eigenvalue weighted by Gasteiger charge is 2.46. The Morgan fingerprint density at radius 3 is 2.64 bits per heavy atom. The Labute approximate surface area is 161 Å². The van der Waals surface area contributed by atoms with Gasteiger partial charge in [0.05, 0.1) is 42.6 Å². The molecule has 0 aromatic heterocycles. The number of nitriles is 1. The molecule has 1 aliphatic heterocycles. The first-order valence-corrected chi connectivity index (χ1v) is 9.08. The molecule has 1 amide bonds. The van der Waals surface area contributed by atoms with E-state index in [9.17, 15) is 24.5 Å². The molecule has 0 radical (unpaired) electrons. The van der Waals surface area contributed by atoms with Gasteiger partial charge in [0.1, 0.15) is 11.9 Å². The minimum absolute atomic E-state index is 0.0399. The lowest BCUT2D eigenvalue weighted by molar-refractivity contribution is -0.191. The molecule has 2 fully saturated rings. The Morgan fingerprint density at radius 2 is 2.11 bits per heavy atom. The summed E-state index contributed by atoms with van der Waals surface area (Å²) in [6, 6.07) is 4.79. The molecule has 28 heavy (non-hydrogen) atoms. The van der Waals surface area contributed by atoms with Crippen molar-refractivity contribution in [3.8, 4) is 6.07 Å². The number of methoxy groups -OCH3 is 1. The highest BCUT2D eigenvalue weighted by Crippen LogP contribution is 2.34. The van der Waals surface area contributed by atoms with Crippen LogP contribution in [0.5, 0.6) is 0 Å². The molecule has 6 atom stereocenters. The largest absolute Gasteiger partial charge is 0.394 e. The maximum atomic E-state index is 14.0. The van der Waals surface area contributed by atoms with Crippen LogP contribution < -0.4 is 4.90 Å². The predicted molar refractivity (Wildman–Crippen MR) is 94.8 cm³/mol. The number of benzene rings is 1. The third kappa shape index (κ3) is 3.87. The predicted octanol–water partition coefficient (Wildman–Crippen LogP) is 0.0794. The average molecular weight is 394 g/mol. The smallest absolute Gasteiger partial charge is 0.259 e. The van der Waals surface area contributed by atoms with Crippen LogP contribution in [0.1, 0.15) is 24.8 Å². The molecule has 152 valence electrons. The summed E-state index contributed by atoms with van der Waals surface area (Å²) in [5.41, 5.74) is 0.175. The van der Waals surface area contributed by atoms with Crippen LogP contribution in [0.25, 0.3) is 0 Å². The molecular formula is C19H23FN2O6. The van der Waals surface area contributed by atoms with Gasteiger partial charge in [-0.1, -0.05) is 0 Å². The molecule has 8 nitrogen and oxygen atoms in total. The number of halogens is 1. The second kappa shape index (κ2) is 8.51. The quantitative estimate of drug-likeness (QED) is 0.646. The van der Waals surface area contributed by atoms with Gasteiger partial charge in [0.25, 0.3) is 5.91 Å². The van der Waals surface area contributed by atoms with Gasteiger partial charge in [0.15, 0.2) is 6.10 Å². The lowest BCUT2D eigenvalue weighted by Crippen LogP contribution is -2.61. The Kier molecular flexibility index (Phi) is 6.27. The first kappa shape index (κ1) is 20.6. The SMILES string of the molecule is COC1CC(O)C(CO)OC1C(=O)N(c1cc(F)cc(C#N)c1)[C@@H]1CC[C@H]1O. The molecule has 3 rings (SSSR count). The molecule has 1 saturated heterocycles. The summed E-state index contributed by atoms with van der Waals surface area (Å²) < 4.78 is 24.9. The van der Waals surface area contributed by atoms with Gasteiger partial charge in [-0.2, -0.15) is 5.26 Å². The zero-order valence-electron chi connectivity index (χ0n) is 15.4. The third-order valence-corrected chi connectivity index (χ3v) is 5.35. The van der Waals surface area contributed by atoms with E-state index in [0.29, 0.717) is 12.8 Å². The van der Waals surface area contributed by atoms with Crippen LogP contribution in [0.2, 0.25) is 0 Å². The van der Waals surface area contributed by atoms with E-state index in [1.54, 1.807) is 0 Å². The van der Waals surface area contributed by atoms with Crippen molar-refractivity contribution in [1.29, 1.82) is 5.26 Å². The monoisotopic (exact) mass is 394 g/mol. The van der Waals surface area contributed by atoms with Crippen molar-refractivity contribution in [2.24, 2.45) is 0 Å². The molecule has 1 aliphatic carbocycles. The zero-order chi connectivity index (χ0) is 20.4. The van der Waals surface area contributed by atoms with Gasteiger partial charge in [-0.3, -0.25) is 4.79 Å². The summed E-state index contributed by atoms with van der Waals surface area (Å²) in [5.74, 6) is -1.27. The Hall–Kier alpha value is -2.09. The molecule has 2 aliphatic rings. The topological polar surface area (TPSA) is 123 Å². The molecule has 3 N–H and O–H groups in total. The summed E-state index contributed by atoms with van der Waals surface area (Å²) >= 11 is 0. The number of hydrogen-bond acceptors (Lipinski definition) is 7. The number of anilines is 1. The second-order valence-corrected chi connectivity index (χ2v) is 7.09. The number of amides is 1. The molecule has 1 aromatic carbocycles. The van der Waals surface area contributed by atoms with E-state index in [1.807, 2.05) is 6.07 Å². The summed E-state index contributed by atoms with van der Waals surface area (Å²) in [4.78, 5) is 14.6. The standard InChI is InChI=1S/C19H23FN2O6/c1-27-16-7-15(25)17(9-23)28-18(16)19(26)22(13-2-3-14(13)24)12-5-10(8-21)4-11(20)6-12/h4-6,13-18,23-25H,2-3,7,9H2,1H3/t13-,14-,15?,16?,17?,18?/m1/s1. The van der Waals surface area contributed by atoms with E-state index in [2.05, 4.69) is 0 Å². The lowest BCUT2D eigenvalue weighted by Gasteiger charge is -2.45. The number of carbonyl (C=O) groups is 1. The summed E-state index contributed by atoms with van der Waals surface area (Å²) in [6.07, 6.45) is -3.63. The number of carbonyl (C=O) groups excluding carboxylic acids is 1. The van der Waals surface area contributed by atoms with Gasteiger partial charge in [0, 0.05) is 19.2 Å². The number of aliphatic hydroxyl groups is 3. The van der Waals surface area contributed by atoms with E-state index in [-0.39, 0.29) is 17.7 Å². The van der Waals surface area contributed by atoms with E-state index in [4.69, 9.17) is 14.7 Å². The van der Waals surface area contributed by atoms with Gasteiger partial charge in [0.2, 0.25) is 0 Å². The molecule has 9 heteroatoms. The van der Waals surface area contributed by atoms with Crippen molar-refractivity contribution in [3.05, 3.63) is 29.6 Å². The van der Waals surface area contributed by atoms with Crippen LogP contribution in [0.3, 0.4) is 0 Å². The van der Waals surface area contributed by atoms with Crippen molar-refractivity contribution >= 4 is 11.6 Å². The van der Waals surface area contributed by atoms with Crippen molar-refractivity contribution in [2.75, 3.05) is 18.6 Å². The summed E-state index contributed by atoms with van der Waals surface area (Å²) in [5, 5.41) is 38.7. The number of nitrogens with zero attached hydrogens (tertiary/aromatic N) is 2. The Balaban J connectivity index is 1.97. The summed E-state index contributed by atoms with van der Waals surface area (Å²) in [6.45, 7) is -0.480. The average Bonchev–Trinajstić information content (AvgIpc) is 2.69. The number of aliphatic hydroxyl groups excluding tert-OH is 3. The van der Waals surface area contributed by atoms with Crippen molar-refractivity contribution in [3.63, 3.8) is 0 Å². The van der Waals surface area contributed by atoms with Crippen molar-refractivity contribution in [2.45, 2.75) is 55.8 Å². The number of rotatable bonds is 5. The Bertz CT molecular complexity index is 769. The maximum Gasteiger partial charge on any atom is 0.259 e. The fourth-order valence-electron chi connectivity index (χ4n) is 3.64. The molecule has 0 bridgehead atoms. The first-order valence-electron chi connectivity index (χ1n) is 9.08. The van der Waals surface area contributed by atoms with Gasteiger partial charge < -0.3 is 29.7 Å². The maximum absolute atomic E-state index is 14.0. The van der Waals surface area contributed by atoms with Gasteiger partial charge in [-0.15, -0.1) is 0 Å². The fraction of sp³-hybridized carbons (Fsp3) is 0.579. The van der Waals surface area contributed by atoms with Gasteiger partial charge >= 0.3 is 0 Å². The van der Waals surface area contributed by atoms with Crippen LogP contribution in [0, 0.1) is 17.1 Å². The molecule has 1 aromatic rings. The highest BCUT2D eigenvalue weighted by molar-refractivity contribution is 5.98. The van der Waals surface area contributed by atoms with Crippen molar-refractivity contribution < 1.29 is 34.0 Å². The fourth-order valence-corrected chi connectivity index (χ4v) is 3.64. The molecular weight excluding hydrogens is 371 g/mol. The Morgan fingerprint density at radius 1 is 1.36 bits per heavy atom. The molecule has 1 saturated carbocycles. The highest BCUT2D eigenvalue weighted by atomic mass is 19.1. The van der Waals surface area contributed by atoms with Crippen LogP contribution in [-0.4, -0.2) is 71.5 Å². The normalized spacial score (nSPS) is 32.3. The van der Waals surface area contributed by atoms with Crippen LogP contribution in [-0.2, 0) is 14.3 Å². The second-order valence-electron chi connectivity index (χ2n) is 7.09. The molecule has 4 unspecified atom stereocenters. The van der Waals surface area contributed by atoms with E-state index in [1.165, 1.54) is 18.1 Å². The third-order valence-electron chi connectivity index (χ3n) is 5.35. The first-order chi connectivity index (χ1) is 13.4. The molecule has 0 spiro atoms. The number of hydrogen-bond donors (Lipinski definition) is 3. The molecule has 1 heterocycles. The minimum Gasteiger partial charge on any atom is -0.394 e. The number of ether oxygens (including phenoxy) is 2. The van der Waals surface area contributed by atoms with Crippen LogP contribution >= 0.6 is 0 Å². The lowest BCUT2D eigenvalue weighted by atomic mass is 9.86. The minimum atomic E-state index is -1.16. The van der Waals surface area contributed by atoms with Crippen LogP contribution in [0.15, 0.2) is 18.2 Å². The van der Waals surface area contributed by atoms with Crippen molar-refractivity contribution in [1.82, 2.24) is 0 Å². The van der Waals surface area contributed by atoms with Crippen LogP contribution in [0.4, 0.5) is 10.1 Å². The van der Waals surface area contributed by atoms with Gasteiger partial charge in [-0.25, -0.2) is 4.39 Å². The van der Waals surface area contributed by atoms with E-state index in [0.717, 1.165) is 12.1 Å². The summed E-state index contributed by atoms with van der Waals surface area (Å²) in [7, 11) is 1.37. The van der Waals surface area contributed by atoms with E-state index < -0.39 is 54.9 Å².